The summed E-state index contributed by atoms with van der Waals surface area (Å²) < 4.78 is 11.6. The molecule has 3 aromatic rings. The third-order valence-electron chi connectivity index (χ3n) is 4.41. The average molecular weight is 459 g/mol. The molecule has 2 aromatic carbocycles. The van der Waals surface area contributed by atoms with Crippen molar-refractivity contribution in [3.8, 4) is 29.5 Å². The van der Waals surface area contributed by atoms with Gasteiger partial charge < -0.3 is 37.3 Å². The first-order valence-electron chi connectivity index (χ1n) is 9.67. The van der Waals surface area contributed by atoms with Gasteiger partial charge in [0.15, 0.2) is 11.8 Å². The van der Waals surface area contributed by atoms with Crippen molar-refractivity contribution in [2.75, 3.05) is 17.2 Å². The molecule has 34 heavy (non-hydrogen) atoms. The lowest BCUT2D eigenvalue weighted by molar-refractivity contribution is -0.114. The number of nitrogens with zero attached hydrogens (tertiary/aromatic N) is 4. The Kier molecular flexibility index (Phi) is 5.78. The van der Waals surface area contributed by atoms with Crippen LogP contribution in [0, 0.1) is 11.3 Å². The summed E-state index contributed by atoms with van der Waals surface area (Å²) in [6.45, 7) is -0.0223. The van der Waals surface area contributed by atoms with E-state index in [0.29, 0.717) is 11.4 Å². The normalized spacial score (nSPS) is 11.8. The van der Waals surface area contributed by atoms with Crippen LogP contribution in [0.2, 0.25) is 0 Å². The van der Waals surface area contributed by atoms with Crippen molar-refractivity contribution in [2.45, 2.75) is 0 Å². The molecule has 0 unspecified atom stereocenters. The minimum Gasteiger partial charge on any atom is -0.437 e. The molecule has 13 heteroatoms. The number of amides is 2. The Balaban J connectivity index is 1.72. The first kappa shape index (κ1) is 21.8. The number of aliphatic imine (C=N–C) groups is 1. The van der Waals surface area contributed by atoms with E-state index in [9.17, 15) is 9.59 Å². The fraction of sp³-hybridized carbons (Fsp3) is 0.0476. The van der Waals surface area contributed by atoms with E-state index in [0.717, 1.165) is 0 Å². The number of rotatable bonds is 6. The number of benzene rings is 2. The molecule has 0 spiro atoms. The molecule has 8 N–H and O–H groups in total. The summed E-state index contributed by atoms with van der Waals surface area (Å²) in [4.78, 5) is 36.1. The van der Waals surface area contributed by atoms with Gasteiger partial charge in [-0.05, 0) is 30.3 Å². The quantitative estimate of drug-likeness (QED) is 0.263. The number of nitrogens with two attached hydrogens (primary N) is 3. The van der Waals surface area contributed by atoms with Crippen LogP contribution in [0.5, 0.6) is 23.4 Å². The Morgan fingerprint density at radius 1 is 1.09 bits per heavy atom. The molecule has 1 aliphatic rings. The summed E-state index contributed by atoms with van der Waals surface area (Å²) in [5.41, 5.74) is 16.9. The minimum absolute atomic E-state index is 0.0223. The number of anilines is 2. The number of primary amides is 1. The molecular formula is C21H17N9O4. The lowest BCUT2D eigenvalue weighted by atomic mass is 10.1. The number of aromatic nitrogens is 2. The lowest BCUT2D eigenvalue weighted by Crippen LogP contribution is -2.28. The fourth-order valence-electron chi connectivity index (χ4n) is 3.00. The third-order valence-corrected chi connectivity index (χ3v) is 4.41. The first-order chi connectivity index (χ1) is 16.3. The fourth-order valence-corrected chi connectivity index (χ4v) is 3.00. The summed E-state index contributed by atoms with van der Waals surface area (Å²) in [6.07, 6.45) is 0. The second-order valence-corrected chi connectivity index (χ2v) is 6.86. The molecule has 0 fully saturated rings. The number of guanidine groups is 1. The van der Waals surface area contributed by atoms with E-state index in [2.05, 4.69) is 25.6 Å². The predicted octanol–water partition coefficient (Wildman–Crippen LogP) is 1.30. The first-order valence-corrected chi connectivity index (χ1v) is 9.67. The van der Waals surface area contributed by atoms with Crippen molar-refractivity contribution in [3.05, 3.63) is 53.6 Å². The monoisotopic (exact) mass is 459 g/mol. The molecule has 0 saturated carbocycles. The molecule has 170 valence electrons. The van der Waals surface area contributed by atoms with E-state index in [4.69, 9.17) is 31.9 Å². The van der Waals surface area contributed by atoms with Gasteiger partial charge in [-0.15, -0.1) is 0 Å². The second-order valence-electron chi connectivity index (χ2n) is 6.86. The average Bonchev–Trinajstić information content (AvgIpc) is 2.79. The molecular weight excluding hydrogens is 442 g/mol. The molecule has 2 heterocycles. The molecule has 0 aliphatic carbocycles. The summed E-state index contributed by atoms with van der Waals surface area (Å²) in [6, 6.07) is 12.5. The van der Waals surface area contributed by atoms with Crippen molar-refractivity contribution in [1.82, 2.24) is 9.97 Å². The third kappa shape index (κ3) is 4.75. The van der Waals surface area contributed by atoms with Crippen LogP contribution >= 0.6 is 0 Å². The molecule has 1 aliphatic heterocycles. The van der Waals surface area contributed by atoms with Gasteiger partial charge in [-0.1, -0.05) is 6.07 Å². The molecule has 13 nitrogen and oxygen atoms in total. The van der Waals surface area contributed by atoms with Crippen molar-refractivity contribution in [1.29, 1.82) is 5.26 Å². The van der Waals surface area contributed by atoms with Gasteiger partial charge in [-0.2, -0.15) is 15.2 Å². The number of hydrogen-bond donors (Lipinski definition) is 5. The van der Waals surface area contributed by atoms with Crippen molar-refractivity contribution in [3.63, 3.8) is 0 Å². The molecule has 0 bridgehead atoms. The van der Waals surface area contributed by atoms with Gasteiger partial charge in [0.2, 0.25) is 11.8 Å². The van der Waals surface area contributed by atoms with Crippen molar-refractivity contribution in [2.24, 2.45) is 22.2 Å². The highest BCUT2D eigenvalue weighted by Gasteiger charge is 2.24. The Hall–Kier alpha value is -5.38. The Bertz CT molecular complexity index is 1380. The Morgan fingerprint density at radius 2 is 1.88 bits per heavy atom. The number of carbonyl (C=O) groups is 2. The topological polar surface area (TPSA) is 217 Å². The number of nitrogens with one attached hydrogen (secondary N) is 2. The van der Waals surface area contributed by atoms with Crippen LogP contribution in [0.4, 0.5) is 17.2 Å². The molecule has 0 saturated heterocycles. The van der Waals surface area contributed by atoms with Crippen LogP contribution in [0.1, 0.15) is 15.9 Å². The van der Waals surface area contributed by atoms with Gasteiger partial charge in [-0.3, -0.25) is 9.59 Å². The van der Waals surface area contributed by atoms with E-state index >= 15 is 0 Å². The predicted molar refractivity (Wildman–Crippen MR) is 121 cm³/mol. The second kappa shape index (κ2) is 9.01. The Labute approximate surface area is 192 Å². The maximum atomic E-state index is 11.9. The highest BCUT2D eigenvalue weighted by Crippen LogP contribution is 2.37. The van der Waals surface area contributed by atoms with Gasteiger partial charge in [0.05, 0.1) is 29.4 Å². The van der Waals surface area contributed by atoms with Crippen LogP contribution < -0.4 is 37.3 Å². The number of hydrogen-bond acceptors (Lipinski definition) is 9. The van der Waals surface area contributed by atoms with Crippen molar-refractivity contribution < 1.29 is 19.1 Å². The van der Waals surface area contributed by atoms with Crippen LogP contribution in [0.15, 0.2) is 47.5 Å². The molecule has 4 rings (SSSR count). The number of carbonyl (C=O) groups excluding carboxylic acids is 2. The molecule has 0 atom stereocenters. The molecule has 1 aromatic heterocycles. The zero-order valence-electron chi connectivity index (χ0n) is 17.4. The largest absolute Gasteiger partial charge is 0.437 e. The van der Waals surface area contributed by atoms with Gasteiger partial charge in [0.1, 0.15) is 17.2 Å². The molecule has 2 amide bonds. The highest BCUT2D eigenvalue weighted by atomic mass is 16.5. The summed E-state index contributed by atoms with van der Waals surface area (Å²) in [7, 11) is 0. The van der Waals surface area contributed by atoms with Crippen molar-refractivity contribution >= 4 is 35.0 Å². The SMILES string of the molecule is N#Cc1ccc(Oc2nc(Oc3cccc(N=C(N)N)c3)nc3c2NC(=O)CN3)cc1C(N)=O. The van der Waals surface area contributed by atoms with Gasteiger partial charge in [-0.25, -0.2) is 4.99 Å². The van der Waals surface area contributed by atoms with E-state index in [1.54, 1.807) is 24.3 Å². The van der Waals surface area contributed by atoms with Gasteiger partial charge in [0.25, 0.3) is 5.88 Å². The maximum absolute atomic E-state index is 11.9. The van der Waals surface area contributed by atoms with E-state index in [1.807, 2.05) is 6.07 Å². The number of fused-ring (bicyclic) bond motifs is 1. The smallest absolute Gasteiger partial charge is 0.327 e. The summed E-state index contributed by atoms with van der Waals surface area (Å²) >= 11 is 0. The van der Waals surface area contributed by atoms with Crippen LogP contribution in [-0.2, 0) is 4.79 Å². The van der Waals surface area contributed by atoms with Crippen LogP contribution in [-0.4, -0.2) is 34.3 Å². The maximum Gasteiger partial charge on any atom is 0.327 e. The zero-order valence-corrected chi connectivity index (χ0v) is 17.4. The van der Waals surface area contributed by atoms with E-state index < -0.39 is 5.91 Å². The number of ether oxygens (including phenoxy) is 2. The van der Waals surface area contributed by atoms with Gasteiger partial charge in [0, 0.05) is 6.07 Å². The summed E-state index contributed by atoms with van der Waals surface area (Å²) in [5.74, 6) is -0.583. The zero-order chi connectivity index (χ0) is 24.2. The summed E-state index contributed by atoms with van der Waals surface area (Å²) in [5, 5.41) is 14.7. The van der Waals surface area contributed by atoms with Crippen LogP contribution in [0.3, 0.4) is 0 Å². The highest BCUT2D eigenvalue weighted by molar-refractivity contribution is 6.01. The number of nitriles is 1. The van der Waals surface area contributed by atoms with E-state index in [1.165, 1.54) is 18.2 Å². The van der Waals surface area contributed by atoms with Crippen LogP contribution in [0.25, 0.3) is 0 Å². The standard InChI is InChI=1S/C21H17N9O4/c22-8-10-4-5-13(7-14(10)17(23)32)33-19-16-18(26-9-15(31)28-16)29-21(30-19)34-12-3-1-2-11(6-12)27-20(24)25/h1-7H,9H2,(H2,23,32)(H,28,31)(H4,24,25,27)(H,26,29,30). The van der Waals surface area contributed by atoms with E-state index in [-0.39, 0.29) is 58.7 Å². The lowest BCUT2D eigenvalue weighted by Gasteiger charge is -2.20. The van der Waals surface area contributed by atoms with Gasteiger partial charge >= 0.3 is 6.01 Å². The minimum atomic E-state index is -0.800. The Morgan fingerprint density at radius 3 is 2.62 bits per heavy atom. The molecule has 0 radical (unpaired) electrons.